The number of nitrogens with zero attached hydrogens (tertiary/aromatic N) is 3. The minimum Gasteiger partial charge on any atom is -0.485 e. The maximum absolute atomic E-state index is 13.8. The number of aliphatic carboxylic acids is 1. The highest BCUT2D eigenvalue weighted by Gasteiger charge is 2.30. The van der Waals surface area contributed by atoms with Crippen molar-refractivity contribution in [3.8, 4) is 16.9 Å². The van der Waals surface area contributed by atoms with E-state index in [1.807, 2.05) is 54.6 Å². The molecule has 5 rings (SSSR count). The number of benzene rings is 3. The van der Waals surface area contributed by atoms with Crippen LogP contribution < -0.4 is 15.0 Å². The molecular weight excluding hydrogens is 618 g/mol. The van der Waals surface area contributed by atoms with E-state index in [9.17, 15) is 23.5 Å². The number of ether oxygens (including phenoxy) is 1. The maximum Gasteiger partial charge on any atom is 0.326 e. The van der Waals surface area contributed by atoms with Gasteiger partial charge in [0.25, 0.3) is 11.8 Å². The second-order valence-corrected chi connectivity index (χ2v) is 12.1. The molecule has 4 aromatic rings. The van der Waals surface area contributed by atoms with E-state index in [4.69, 9.17) is 14.8 Å². The van der Waals surface area contributed by atoms with E-state index in [0.29, 0.717) is 17.9 Å². The first-order valence-electron chi connectivity index (χ1n) is 16.1. The van der Waals surface area contributed by atoms with Gasteiger partial charge in [-0.1, -0.05) is 73.7 Å². The number of hydrogen-bond donors (Lipinski definition) is 3. The van der Waals surface area contributed by atoms with Gasteiger partial charge in [-0.2, -0.15) is 8.78 Å². The second-order valence-electron chi connectivity index (χ2n) is 12.1. The van der Waals surface area contributed by atoms with E-state index in [0.717, 1.165) is 48.3 Å². The van der Waals surface area contributed by atoms with E-state index in [1.54, 1.807) is 26.0 Å². The van der Waals surface area contributed by atoms with Crippen LogP contribution in [0.1, 0.15) is 59.3 Å². The van der Waals surface area contributed by atoms with E-state index in [-0.39, 0.29) is 36.0 Å². The Balaban J connectivity index is 1.24. The number of carbonyl (C=O) groups is 2. The Kier molecular flexibility index (Phi) is 11.0. The Morgan fingerprint density at radius 3 is 2.19 bits per heavy atom. The summed E-state index contributed by atoms with van der Waals surface area (Å²) in [5.74, 6) is -3.97. The van der Waals surface area contributed by atoms with Gasteiger partial charge < -0.3 is 25.2 Å². The smallest absolute Gasteiger partial charge is 0.326 e. The molecule has 48 heavy (non-hydrogen) atoms. The fourth-order valence-corrected chi connectivity index (χ4v) is 5.85. The van der Waals surface area contributed by atoms with Crippen LogP contribution in [0, 0.1) is 12.8 Å². The SMILES string of the molecule is CCC(NC(=O)c1nc(CC2CCN(c3ccc(-c4ccc(C(F)(F)CO)cc4)cc3)CC2)nc(C)c1OCc1ccccc1)C(=O)O. The number of piperidine rings is 1. The van der Waals surface area contributed by atoms with Crippen LogP contribution in [0.5, 0.6) is 5.75 Å². The molecule has 1 amide bonds. The molecule has 1 aromatic heterocycles. The van der Waals surface area contributed by atoms with Crippen molar-refractivity contribution in [3.63, 3.8) is 0 Å². The normalized spacial score (nSPS) is 14.4. The van der Waals surface area contributed by atoms with Crippen molar-refractivity contribution in [2.45, 2.75) is 58.1 Å². The quantitative estimate of drug-likeness (QED) is 0.156. The predicted molar refractivity (Wildman–Crippen MR) is 178 cm³/mol. The minimum atomic E-state index is -3.27. The average molecular weight is 659 g/mol. The van der Waals surface area contributed by atoms with Gasteiger partial charge in [-0.25, -0.2) is 14.8 Å². The summed E-state index contributed by atoms with van der Waals surface area (Å²) in [5.41, 5.74) is 4.02. The topological polar surface area (TPSA) is 125 Å². The van der Waals surface area contributed by atoms with Gasteiger partial charge in [-0.05, 0) is 60.9 Å². The summed E-state index contributed by atoms with van der Waals surface area (Å²) >= 11 is 0. The number of aromatic nitrogens is 2. The molecule has 1 fully saturated rings. The third kappa shape index (κ3) is 8.32. The number of amides is 1. The largest absolute Gasteiger partial charge is 0.485 e. The van der Waals surface area contributed by atoms with Gasteiger partial charge in [0.1, 0.15) is 25.1 Å². The van der Waals surface area contributed by atoms with E-state index in [2.05, 4.69) is 15.2 Å². The van der Waals surface area contributed by atoms with Crippen molar-refractivity contribution in [1.29, 1.82) is 0 Å². The van der Waals surface area contributed by atoms with Crippen LogP contribution in [-0.2, 0) is 23.7 Å². The first kappa shape index (κ1) is 34.4. The Labute approximate surface area is 278 Å². The molecule has 9 nitrogen and oxygen atoms in total. The number of halogens is 2. The van der Waals surface area contributed by atoms with Crippen LogP contribution in [0.4, 0.5) is 14.5 Å². The van der Waals surface area contributed by atoms with Gasteiger partial charge in [0, 0.05) is 30.8 Å². The maximum atomic E-state index is 13.8. The van der Waals surface area contributed by atoms with Crippen molar-refractivity contribution in [1.82, 2.24) is 15.3 Å². The van der Waals surface area contributed by atoms with Gasteiger partial charge >= 0.3 is 5.97 Å². The molecule has 0 spiro atoms. The lowest BCUT2D eigenvalue weighted by Crippen LogP contribution is -2.41. The number of carboxylic acid groups (broad SMARTS) is 1. The molecular formula is C37H40F2N4O5. The summed E-state index contributed by atoms with van der Waals surface area (Å²) in [5, 5.41) is 21.0. The Hall–Kier alpha value is -4.90. The van der Waals surface area contributed by atoms with Crippen LogP contribution in [0.25, 0.3) is 11.1 Å². The zero-order chi connectivity index (χ0) is 34.3. The van der Waals surface area contributed by atoms with Crippen LogP contribution in [0.3, 0.4) is 0 Å². The molecule has 3 N–H and O–H groups in total. The Morgan fingerprint density at radius 1 is 0.979 bits per heavy atom. The average Bonchev–Trinajstić information content (AvgIpc) is 3.10. The first-order valence-corrected chi connectivity index (χ1v) is 16.1. The summed E-state index contributed by atoms with van der Waals surface area (Å²) < 4.78 is 33.6. The van der Waals surface area contributed by atoms with E-state index >= 15 is 0 Å². The lowest BCUT2D eigenvalue weighted by molar-refractivity contribution is -0.139. The number of hydrogen-bond acceptors (Lipinski definition) is 7. The van der Waals surface area contributed by atoms with Crippen molar-refractivity contribution < 1.29 is 33.3 Å². The third-order valence-electron chi connectivity index (χ3n) is 8.69. The summed E-state index contributed by atoms with van der Waals surface area (Å²) in [7, 11) is 0. The number of alkyl halides is 2. The molecule has 2 heterocycles. The van der Waals surface area contributed by atoms with Crippen LogP contribution in [0.2, 0.25) is 0 Å². The molecule has 1 atom stereocenters. The van der Waals surface area contributed by atoms with E-state index < -0.39 is 30.4 Å². The third-order valence-corrected chi connectivity index (χ3v) is 8.69. The zero-order valence-electron chi connectivity index (χ0n) is 27.0. The highest BCUT2D eigenvalue weighted by atomic mass is 19.3. The number of rotatable bonds is 13. The monoisotopic (exact) mass is 658 g/mol. The van der Waals surface area contributed by atoms with Crippen LogP contribution in [0.15, 0.2) is 78.9 Å². The fourth-order valence-electron chi connectivity index (χ4n) is 5.85. The molecule has 1 saturated heterocycles. The number of aryl methyl sites for hydroxylation is 1. The molecule has 0 aliphatic carbocycles. The number of aliphatic hydroxyl groups is 1. The highest BCUT2D eigenvalue weighted by molar-refractivity contribution is 5.97. The Bertz CT molecular complexity index is 1690. The van der Waals surface area contributed by atoms with Gasteiger partial charge in [0.05, 0.1) is 5.69 Å². The lowest BCUT2D eigenvalue weighted by Gasteiger charge is -2.33. The van der Waals surface area contributed by atoms with E-state index in [1.165, 1.54) is 12.1 Å². The fraction of sp³-hybridized carbons (Fsp3) is 0.351. The highest BCUT2D eigenvalue weighted by Crippen LogP contribution is 2.32. The molecule has 3 aromatic carbocycles. The minimum absolute atomic E-state index is 0.0300. The molecule has 0 radical (unpaired) electrons. The molecule has 1 aliphatic heterocycles. The number of carboxylic acids is 1. The molecule has 1 aliphatic rings. The van der Waals surface area contributed by atoms with Gasteiger partial charge in [0.15, 0.2) is 11.4 Å². The molecule has 0 bridgehead atoms. The molecule has 252 valence electrons. The number of anilines is 1. The molecule has 11 heteroatoms. The number of aliphatic hydroxyl groups excluding tert-OH is 1. The predicted octanol–water partition coefficient (Wildman–Crippen LogP) is 6.17. The van der Waals surface area contributed by atoms with Gasteiger partial charge in [0.2, 0.25) is 0 Å². The van der Waals surface area contributed by atoms with Crippen LogP contribution in [-0.4, -0.2) is 57.8 Å². The summed E-state index contributed by atoms with van der Waals surface area (Å²) in [6, 6.07) is 22.4. The lowest BCUT2D eigenvalue weighted by atomic mass is 9.92. The second kappa shape index (κ2) is 15.3. The van der Waals surface area contributed by atoms with Crippen molar-refractivity contribution >= 4 is 17.6 Å². The zero-order valence-corrected chi connectivity index (χ0v) is 27.0. The summed E-state index contributed by atoms with van der Waals surface area (Å²) in [4.78, 5) is 36.6. The number of carbonyl (C=O) groups excluding carboxylic acids is 1. The van der Waals surface area contributed by atoms with Gasteiger partial charge in [-0.15, -0.1) is 0 Å². The van der Waals surface area contributed by atoms with Crippen molar-refractivity contribution in [2.75, 3.05) is 24.6 Å². The molecule has 0 saturated carbocycles. The van der Waals surface area contributed by atoms with Crippen LogP contribution >= 0.6 is 0 Å². The first-order chi connectivity index (χ1) is 23.1. The standard InChI is InChI=1S/C37H40F2N4O5/c1-3-31(36(46)47)41-35(45)33-34(48-22-26-7-5-4-6-8-26)24(2)40-32(42-33)21-25-17-19-43(20-18-25)30-15-11-28(12-16-30)27-9-13-29(14-10-27)37(38,39)23-44/h4-16,25,31,44H,3,17-23H2,1-2H3,(H,41,45)(H,46,47). The Morgan fingerprint density at radius 2 is 1.60 bits per heavy atom. The van der Waals surface area contributed by atoms with Gasteiger partial charge in [-0.3, -0.25) is 4.79 Å². The number of nitrogens with one attached hydrogen (secondary N) is 1. The van der Waals surface area contributed by atoms with Crippen molar-refractivity contribution in [3.05, 3.63) is 107 Å². The molecule has 1 unspecified atom stereocenters. The summed E-state index contributed by atoms with van der Waals surface area (Å²) in [6.07, 6.45) is 2.55. The summed E-state index contributed by atoms with van der Waals surface area (Å²) in [6.45, 7) is 4.06. The van der Waals surface area contributed by atoms with Crippen molar-refractivity contribution in [2.24, 2.45) is 5.92 Å².